The molecule has 0 unspecified atom stereocenters. The minimum absolute atomic E-state index is 0.112. The molecule has 0 aliphatic carbocycles. The Hall–Kier alpha value is -3.90. The third-order valence-corrected chi connectivity index (χ3v) is 7.12. The second kappa shape index (κ2) is 9.30. The Labute approximate surface area is 189 Å². The molecule has 1 aliphatic rings. The first-order chi connectivity index (χ1) is 15.8. The zero-order valence-corrected chi connectivity index (χ0v) is 18.2. The molecule has 170 valence electrons. The van der Waals surface area contributed by atoms with E-state index in [4.69, 9.17) is 0 Å². The molecule has 4 rings (SSSR count). The summed E-state index contributed by atoms with van der Waals surface area (Å²) in [6, 6.07) is 11.1. The number of piperazine rings is 1. The molecule has 1 fully saturated rings. The van der Waals surface area contributed by atoms with Crippen LogP contribution >= 0.6 is 0 Å². The lowest BCUT2D eigenvalue weighted by atomic mass is 10.2. The molecular formula is C21H20N6O5S. The molecule has 11 nitrogen and oxygen atoms in total. The van der Waals surface area contributed by atoms with Gasteiger partial charge in [0.2, 0.25) is 10.0 Å². The zero-order chi connectivity index (χ0) is 23.4. The van der Waals surface area contributed by atoms with E-state index < -0.39 is 20.9 Å². The van der Waals surface area contributed by atoms with Crippen LogP contribution in [-0.2, 0) is 10.0 Å². The van der Waals surface area contributed by atoms with Crippen LogP contribution in [0.25, 0.3) is 0 Å². The Morgan fingerprint density at radius 3 is 2.21 bits per heavy atom. The quantitative estimate of drug-likeness (QED) is 0.429. The van der Waals surface area contributed by atoms with Crippen LogP contribution in [0.1, 0.15) is 10.4 Å². The van der Waals surface area contributed by atoms with E-state index in [9.17, 15) is 23.3 Å². The van der Waals surface area contributed by atoms with Crippen LogP contribution in [0.15, 0.2) is 72.0 Å². The maximum atomic E-state index is 13.0. The summed E-state index contributed by atoms with van der Waals surface area (Å²) in [7, 11) is -3.68. The summed E-state index contributed by atoms with van der Waals surface area (Å²) < 4.78 is 27.4. The summed E-state index contributed by atoms with van der Waals surface area (Å²) in [5.41, 5.74) is 0.543. The van der Waals surface area contributed by atoms with Crippen molar-refractivity contribution in [3.05, 3.63) is 82.8 Å². The number of hydrogen-bond acceptors (Lipinski definition) is 8. The first-order valence-electron chi connectivity index (χ1n) is 10.0. The molecular weight excluding hydrogens is 448 g/mol. The normalized spacial score (nSPS) is 14.6. The number of rotatable bonds is 6. The summed E-state index contributed by atoms with van der Waals surface area (Å²) in [5.74, 6) is 0.253. The maximum Gasteiger partial charge on any atom is 0.269 e. The molecule has 3 aromatic rings. The van der Waals surface area contributed by atoms with Crippen molar-refractivity contribution in [2.45, 2.75) is 4.90 Å². The van der Waals surface area contributed by atoms with E-state index in [0.29, 0.717) is 37.7 Å². The van der Waals surface area contributed by atoms with Gasteiger partial charge in [-0.15, -0.1) is 0 Å². The number of anilines is 2. The standard InChI is InChI=1S/C21H20N6O5S/c28-21(16-1-5-18(6-2-16)27(29)30)24-17-3-7-19(8-4-17)33(31,32)26-13-11-25(12-14-26)20-15-22-9-10-23-20/h1-10,15H,11-14H2,(H,24,28). The average molecular weight is 468 g/mol. The molecule has 0 radical (unpaired) electrons. The summed E-state index contributed by atoms with van der Waals surface area (Å²) in [6.07, 6.45) is 4.83. The lowest BCUT2D eigenvalue weighted by molar-refractivity contribution is -0.384. The molecule has 0 atom stereocenters. The number of benzene rings is 2. The third kappa shape index (κ3) is 4.96. The maximum absolute atomic E-state index is 13.0. The van der Waals surface area contributed by atoms with Crippen molar-refractivity contribution in [1.82, 2.24) is 14.3 Å². The van der Waals surface area contributed by atoms with Crippen LogP contribution in [0.3, 0.4) is 0 Å². The molecule has 2 aromatic carbocycles. The molecule has 12 heteroatoms. The van der Waals surface area contributed by atoms with Gasteiger partial charge in [0.1, 0.15) is 5.82 Å². The molecule has 1 saturated heterocycles. The van der Waals surface area contributed by atoms with Gasteiger partial charge in [-0.3, -0.25) is 19.9 Å². The van der Waals surface area contributed by atoms with E-state index in [-0.39, 0.29) is 16.1 Å². The number of carbonyl (C=O) groups excluding carboxylic acids is 1. The number of nitro groups is 1. The molecule has 1 N–H and O–H groups in total. The highest BCUT2D eigenvalue weighted by Gasteiger charge is 2.29. The zero-order valence-electron chi connectivity index (χ0n) is 17.4. The first-order valence-corrected chi connectivity index (χ1v) is 11.5. The van der Waals surface area contributed by atoms with Gasteiger partial charge in [0, 0.05) is 62.0 Å². The summed E-state index contributed by atoms with van der Waals surface area (Å²) >= 11 is 0. The Balaban J connectivity index is 1.39. The van der Waals surface area contributed by atoms with E-state index in [1.54, 1.807) is 18.6 Å². The lowest BCUT2D eigenvalue weighted by Crippen LogP contribution is -2.48. The number of hydrogen-bond donors (Lipinski definition) is 1. The Bertz CT molecular complexity index is 1240. The number of nitro benzene ring substituents is 1. The van der Waals surface area contributed by atoms with Crippen LogP contribution in [0.2, 0.25) is 0 Å². The Morgan fingerprint density at radius 2 is 1.64 bits per heavy atom. The molecule has 0 spiro atoms. The van der Waals surface area contributed by atoms with Crippen molar-refractivity contribution >= 4 is 33.1 Å². The molecule has 1 aromatic heterocycles. The molecule has 2 heterocycles. The van der Waals surface area contributed by atoms with E-state index in [1.165, 1.54) is 52.8 Å². The number of sulfonamides is 1. The Morgan fingerprint density at radius 1 is 0.970 bits per heavy atom. The second-order valence-electron chi connectivity index (χ2n) is 7.24. The third-order valence-electron chi connectivity index (χ3n) is 5.20. The van der Waals surface area contributed by atoms with Gasteiger partial charge in [-0.2, -0.15) is 4.31 Å². The monoisotopic (exact) mass is 468 g/mol. The van der Waals surface area contributed by atoms with Crippen molar-refractivity contribution in [2.24, 2.45) is 0 Å². The van der Waals surface area contributed by atoms with Crippen molar-refractivity contribution in [3.8, 4) is 0 Å². The summed E-state index contributed by atoms with van der Waals surface area (Å²) in [4.78, 5) is 32.9. The van der Waals surface area contributed by atoms with Gasteiger partial charge in [-0.25, -0.2) is 13.4 Å². The topological polar surface area (TPSA) is 139 Å². The number of aromatic nitrogens is 2. The number of amides is 1. The fourth-order valence-electron chi connectivity index (χ4n) is 3.41. The molecule has 1 amide bonds. The van der Waals surface area contributed by atoms with Crippen LogP contribution in [0.5, 0.6) is 0 Å². The van der Waals surface area contributed by atoms with Crippen molar-refractivity contribution in [3.63, 3.8) is 0 Å². The fourth-order valence-corrected chi connectivity index (χ4v) is 4.83. The number of nitrogens with one attached hydrogen (secondary N) is 1. The minimum Gasteiger partial charge on any atom is -0.353 e. The van der Waals surface area contributed by atoms with Gasteiger partial charge in [0.05, 0.1) is 16.0 Å². The predicted molar refractivity (Wildman–Crippen MR) is 120 cm³/mol. The number of nitrogens with zero attached hydrogens (tertiary/aromatic N) is 5. The van der Waals surface area contributed by atoms with Gasteiger partial charge in [0.15, 0.2) is 0 Å². The SMILES string of the molecule is O=C(Nc1ccc(S(=O)(=O)N2CCN(c3cnccn3)CC2)cc1)c1ccc([N+](=O)[O-])cc1. The van der Waals surface area contributed by atoms with E-state index in [0.717, 1.165) is 0 Å². The van der Waals surface area contributed by atoms with Gasteiger partial charge in [0.25, 0.3) is 11.6 Å². The van der Waals surface area contributed by atoms with Crippen LogP contribution in [-0.4, -0.2) is 59.7 Å². The smallest absolute Gasteiger partial charge is 0.269 e. The van der Waals surface area contributed by atoms with Crippen molar-refractivity contribution in [1.29, 1.82) is 0 Å². The first kappa shape index (κ1) is 22.3. The minimum atomic E-state index is -3.68. The fraction of sp³-hybridized carbons (Fsp3) is 0.190. The van der Waals surface area contributed by atoms with Crippen molar-refractivity contribution < 1.29 is 18.1 Å². The highest BCUT2D eigenvalue weighted by molar-refractivity contribution is 7.89. The molecule has 0 bridgehead atoms. The lowest BCUT2D eigenvalue weighted by Gasteiger charge is -2.34. The van der Waals surface area contributed by atoms with Crippen LogP contribution < -0.4 is 10.2 Å². The summed E-state index contributed by atoms with van der Waals surface area (Å²) in [5, 5.41) is 13.4. The predicted octanol–water partition coefficient (Wildman–Crippen LogP) is 2.15. The molecule has 1 aliphatic heterocycles. The number of non-ortho nitro benzene ring substituents is 1. The van der Waals surface area contributed by atoms with Gasteiger partial charge < -0.3 is 10.2 Å². The highest BCUT2D eigenvalue weighted by atomic mass is 32.2. The highest BCUT2D eigenvalue weighted by Crippen LogP contribution is 2.22. The summed E-state index contributed by atoms with van der Waals surface area (Å²) in [6.45, 7) is 1.64. The largest absolute Gasteiger partial charge is 0.353 e. The van der Waals surface area contributed by atoms with Crippen LogP contribution in [0, 0.1) is 10.1 Å². The average Bonchev–Trinajstić information content (AvgIpc) is 2.85. The number of carbonyl (C=O) groups is 1. The van der Waals surface area contributed by atoms with E-state index in [1.807, 2.05) is 4.90 Å². The molecule has 33 heavy (non-hydrogen) atoms. The van der Waals surface area contributed by atoms with E-state index >= 15 is 0 Å². The van der Waals surface area contributed by atoms with Crippen molar-refractivity contribution in [2.75, 3.05) is 36.4 Å². The van der Waals surface area contributed by atoms with Crippen LogP contribution in [0.4, 0.5) is 17.2 Å². The second-order valence-corrected chi connectivity index (χ2v) is 9.18. The van der Waals surface area contributed by atoms with Gasteiger partial charge in [-0.05, 0) is 36.4 Å². The molecule has 0 saturated carbocycles. The Kier molecular flexibility index (Phi) is 6.29. The van der Waals surface area contributed by atoms with E-state index in [2.05, 4.69) is 15.3 Å². The van der Waals surface area contributed by atoms with Gasteiger partial charge >= 0.3 is 0 Å². The van der Waals surface area contributed by atoms with Gasteiger partial charge in [-0.1, -0.05) is 0 Å².